The lowest BCUT2D eigenvalue weighted by Gasteiger charge is -2.32. The summed E-state index contributed by atoms with van der Waals surface area (Å²) in [6.07, 6.45) is 0. The summed E-state index contributed by atoms with van der Waals surface area (Å²) >= 11 is 5.67. The lowest BCUT2D eigenvalue weighted by atomic mass is 10.1. The molecule has 0 aliphatic carbocycles. The van der Waals surface area contributed by atoms with Gasteiger partial charge in [-0.05, 0) is 24.6 Å². The average Bonchev–Trinajstić information content (AvgIpc) is 2.38. The number of ether oxygens (including phenoxy) is 1. The van der Waals surface area contributed by atoms with Gasteiger partial charge in [0.25, 0.3) is 0 Å². The van der Waals surface area contributed by atoms with Crippen LogP contribution >= 0.6 is 11.6 Å². The monoisotopic (exact) mass is 267 g/mol. The Kier molecular flexibility index (Phi) is 3.77. The number of hydrogen-bond acceptors (Lipinski definition) is 3. The molecule has 0 aromatic heterocycles. The minimum atomic E-state index is -0.974. The minimum Gasteiger partial charge on any atom is -0.489 e. The molecule has 0 bridgehead atoms. The second kappa shape index (κ2) is 5.31. The van der Waals surface area contributed by atoms with Gasteiger partial charge in [-0.2, -0.15) is 0 Å². The second-order valence-corrected chi connectivity index (χ2v) is 4.40. The van der Waals surface area contributed by atoms with Crippen molar-refractivity contribution in [1.82, 2.24) is 0 Å². The van der Waals surface area contributed by atoms with Crippen LogP contribution in [0.4, 0.5) is 5.69 Å². The molecule has 5 heteroatoms. The zero-order valence-electron chi connectivity index (χ0n) is 10.0. The maximum absolute atomic E-state index is 11.1. The Hall–Kier alpha value is -1.68. The minimum absolute atomic E-state index is 0.199. The van der Waals surface area contributed by atoms with Crippen LogP contribution in [0.5, 0.6) is 5.75 Å². The molecule has 1 aromatic rings. The third kappa shape index (κ3) is 2.43. The smallest absolute Gasteiger partial charge is 0.339 e. The van der Waals surface area contributed by atoms with E-state index in [1.165, 1.54) is 5.54 Å². The number of rotatable bonds is 3. The molecule has 0 saturated heterocycles. The Labute approximate surface area is 110 Å². The van der Waals surface area contributed by atoms with E-state index >= 15 is 0 Å². The fourth-order valence-electron chi connectivity index (χ4n) is 1.97. The van der Waals surface area contributed by atoms with E-state index in [1.54, 1.807) is 12.1 Å². The number of aromatic carboxylic acids is 1. The first kappa shape index (κ1) is 12.8. The number of halogens is 1. The Morgan fingerprint density at radius 3 is 3.06 bits per heavy atom. The molecule has 0 fully saturated rings. The van der Waals surface area contributed by atoms with Crippen LogP contribution < -0.4 is 9.64 Å². The molecule has 18 heavy (non-hydrogen) atoms. The number of hydrogen-bond donors (Lipinski definition) is 1. The predicted octanol–water partition coefficient (Wildman–Crippen LogP) is 2.73. The number of anilines is 1. The van der Waals surface area contributed by atoms with Crippen molar-refractivity contribution in [2.75, 3.05) is 24.6 Å². The van der Waals surface area contributed by atoms with Crippen LogP contribution in [0.25, 0.3) is 0 Å². The molecular formula is C13H14ClNO3. The van der Waals surface area contributed by atoms with Crippen LogP contribution in [0.3, 0.4) is 0 Å². The number of carboxylic acid groups (broad SMARTS) is 1. The summed E-state index contributed by atoms with van der Waals surface area (Å²) in [5.41, 5.74) is 3.56. The van der Waals surface area contributed by atoms with E-state index < -0.39 is 5.97 Å². The van der Waals surface area contributed by atoms with Gasteiger partial charge in [-0.1, -0.05) is 17.7 Å². The first-order valence-corrected chi connectivity index (χ1v) is 6.07. The van der Waals surface area contributed by atoms with E-state index in [0.717, 1.165) is 17.8 Å². The van der Waals surface area contributed by atoms with Crippen molar-refractivity contribution in [3.8, 4) is 5.75 Å². The molecule has 1 aliphatic heterocycles. The topological polar surface area (TPSA) is 49.8 Å². The molecule has 96 valence electrons. The van der Waals surface area contributed by atoms with Gasteiger partial charge in [-0.3, -0.25) is 0 Å². The third-order valence-corrected chi connectivity index (χ3v) is 3.17. The van der Waals surface area contributed by atoms with Crippen molar-refractivity contribution in [3.05, 3.63) is 34.9 Å². The van der Waals surface area contributed by atoms with Crippen LogP contribution in [0.1, 0.15) is 17.3 Å². The van der Waals surface area contributed by atoms with Gasteiger partial charge in [-0.25, -0.2) is 4.79 Å². The molecule has 2 rings (SSSR count). The van der Waals surface area contributed by atoms with Gasteiger partial charge in [0.1, 0.15) is 12.2 Å². The van der Waals surface area contributed by atoms with Gasteiger partial charge in [0.2, 0.25) is 0 Å². The van der Waals surface area contributed by atoms with Crippen molar-refractivity contribution in [3.63, 3.8) is 0 Å². The van der Waals surface area contributed by atoms with Crippen molar-refractivity contribution < 1.29 is 14.6 Å². The van der Waals surface area contributed by atoms with E-state index in [0.29, 0.717) is 18.9 Å². The van der Waals surface area contributed by atoms with E-state index in [1.807, 2.05) is 13.0 Å². The van der Waals surface area contributed by atoms with Gasteiger partial charge in [-0.15, -0.1) is 0 Å². The summed E-state index contributed by atoms with van der Waals surface area (Å²) < 4.78 is 5.49. The number of nitrogens with zero attached hydrogens (tertiary/aromatic N) is 1. The van der Waals surface area contributed by atoms with Gasteiger partial charge in [0.05, 0.1) is 12.2 Å². The fraction of sp³-hybridized carbons (Fsp3) is 0.308. The largest absolute Gasteiger partial charge is 0.489 e. The highest BCUT2D eigenvalue weighted by molar-refractivity contribution is 6.25. The van der Waals surface area contributed by atoms with Crippen molar-refractivity contribution in [1.29, 1.82) is 0 Å². The lowest BCUT2D eigenvalue weighted by molar-refractivity contribution is 0.0692. The first-order chi connectivity index (χ1) is 8.63. The molecule has 1 heterocycles. The Balaban J connectivity index is 2.38. The summed E-state index contributed by atoms with van der Waals surface area (Å²) in [6, 6.07) is 5.14. The van der Waals surface area contributed by atoms with E-state index in [9.17, 15) is 4.79 Å². The summed E-state index contributed by atoms with van der Waals surface area (Å²) in [5.74, 6) is -0.531. The maximum Gasteiger partial charge on any atom is 0.339 e. The standard InChI is InChI=1S/C13H14ClNO3/c1-9(7-14)8-15-5-6-18-12-10(13(16)17)3-2-4-11(12)15/h2-4,7H,5-6,8H2,1H3,(H,16,17)/b9-7-. The van der Waals surface area contributed by atoms with Crippen LogP contribution in [0.15, 0.2) is 29.3 Å². The Bertz CT molecular complexity index is 499. The zero-order valence-corrected chi connectivity index (χ0v) is 10.8. The number of fused-ring (bicyclic) bond motifs is 1. The van der Waals surface area contributed by atoms with Gasteiger partial charge >= 0.3 is 5.97 Å². The van der Waals surface area contributed by atoms with E-state index in [4.69, 9.17) is 21.4 Å². The molecule has 1 aliphatic rings. The molecule has 0 saturated carbocycles. The summed E-state index contributed by atoms with van der Waals surface area (Å²) in [5, 5.41) is 9.12. The number of carbonyl (C=O) groups is 1. The third-order valence-electron chi connectivity index (χ3n) is 2.80. The van der Waals surface area contributed by atoms with Crippen molar-refractivity contribution in [2.24, 2.45) is 0 Å². The van der Waals surface area contributed by atoms with Crippen molar-refractivity contribution in [2.45, 2.75) is 6.92 Å². The quantitative estimate of drug-likeness (QED) is 0.915. The highest BCUT2D eigenvalue weighted by Gasteiger charge is 2.23. The predicted molar refractivity (Wildman–Crippen MR) is 70.7 cm³/mol. The SMILES string of the molecule is C/C(=C/Cl)CN1CCOc2c(C(=O)O)cccc21. The number of benzene rings is 1. The van der Waals surface area contributed by atoms with Crippen molar-refractivity contribution >= 4 is 23.3 Å². The Morgan fingerprint density at radius 2 is 2.39 bits per heavy atom. The highest BCUT2D eigenvalue weighted by atomic mass is 35.5. The number of para-hydroxylation sites is 1. The molecule has 0 unspecified atom stereocenters. The van der Waals surface area contributed by atoms with E-state index in [2.05, 4.69) is 4.90 Å². The molecule has 1 aromatic carbocycles. The second-order valence-electron chi connectivity index (χ2n) is 4.18. The maximum atomic E-state index is 11.1. The molecule has 0 radical (unpaired) electrons. The fourth-order valence-corrected chi connectivity index (χ4v) is 2.04. The van der Waals surface area contributed by atoms with Crippen LogP contribution in [0, 0.1) is 0 Å². The highest BCUT2D eigenvalue weighted by Crippen LogP contribution is 2.35. The lowest BCUT2D eigenvalue weighted by Crippen LogP contribution is -2.34. The normalized spacial score (nSPS) is 15.0. The molecule has 0 spiro atoms. The van der Waals surface area contributed by atoms with E-state index in [-0.39, 0.29) is 5.56 Å². The average molecular weight is 268 g/mol. The summed E-state index contributed by atoms with van der Waals surface area (Å²) in [4.78, 5) is 13.2. The first-order valence-electron chi connectivity index (χ1n) is 5.63. The van der Waals surface area contributed by atoms with Crippen LogP contribution in [-0.4, -0.2) is 30.8 Å². The summed E-state index contributed by atoms with van der Waals surface area (Å²) in [6.45, 7) is 3.80. The molecule has 1 N–H and O–H groups in total. The molecule has 0 amide bonds. The number of carboxylic acids is 1. The molecule has 0 atom stereocenters. The van der Waals surface area contributed by atoms with Gasteiger partial charge < -0.3 is 14.7 Å². The van der Waals surface area contributed by atoms with Gasteiger partial charge in [0.15, 0.2) is 5.75 Å². The molecule has 4 nitrogen and oxygen atoms in total. The van der Waals surface area contributed by atoms with Gasteiger partial charge in [0, 0.05) is 12.1 Å². The van der Waals surface area contributed by atoms with Crippen LogP contribution in [0.2, 0.25) is 0 Å². The zero-order chi connectivity index (χ0) is 13.1. The Morgan fingerprint density at radius 1 is 1.61 bits per heavy atom. The van der Waals surface area contributed by atoms with Crippen LogP contribution in [-0.2, 0) is 0 Å². The molecular weight excluding hydrogens is 254 g/mol. The summed E-state index contributed by atoms with van der Waals surface area (Å²) in [7, 11) is 0.